The first kappa shape index (κ1) is 23.6. The molecule has 0 radical (unpaired) electrons. The van der Waals surface area contributed by atoms with Crippen LogP contribution in [0.1, 0.15) is 45.4 Å². The number of carbonyl (C=O) groups is 4. The molecule has 3 heterocycles. The average molecular weight is 492 g/mol. The van der Waals surface area contributed by atoms with Crippen LogP contribution in [0, 0.1) is 0 Å². The molecule has 10 nitrogen and oxygen atoms in total. The quantitative estimate of drug-likeness (QED) is 0.426. The summed E-state index contributed by atoms with van der Waals surface area (Å²) in [6.45, 7) is 1.90. The summed E-state index contributed by atoms with van der Waals surface area (Å²) < 4.78 is 11.3. The minimum atomic E-state index is -1.41. The number of nitrogens with zero attached hydrogens (tertiary/aromatic N) is 1. The molecule has 2 aliphatic rings. The summed E-state index contributed by atoms with van der Waals surface area (Å²) in [5, 5.41) is 15.0. The Bertz CT molecular complexity index is 1410. The number of imide groups is 1. The van der Waals surface area contributed by atoms with Gasteiger partial charge in [0, 0.05) is 36.1 Å². The Balaban J connectivity index is 1.48. The molecule has 1 fully saturated rings. The van der Waals surface area contributed by atoms with E-state index in [4.69, 9.17) is 9.15 Å². The molecule has 3 N–H and O–H groups in total. The van der Waals surface area contributed by atoms with Crippen molar-refractivity contribution in [2.45, 2.75) is 31.4 Å². The summed E-state index contributed by atoms with van der Waals surface area (Å²) in [6.07, 6.45) is -0.858. The smallest absolute Gasteiger partial charge is 0.254 e. The lowest BCUT2D eigenvalue weighted by molar-refractivity contribution is -0.127. The highest BCUT2D eigenvalue weighted by atomic mass is 16.5. The molecule has 0 saturated carbocycles. The molecule has 10 heteroatoms. The molecule has 1 saturated heterocycles. The number of nitrogens with one attached hydrogen (secondary N) is 2. The Morgan fingerprint density at radius 1 is 1.22 bits per heavy atom. The summed E-state index contributed by atoms with van der Waals surface area (Å²) in [5.41, 5.74) is 0.572. The summed E-state index contributed by atoms with van der Waals surface area (Å²) in [4.78, 5) is 52.6. The average Bonchev–Trinajstić information content (AvgIpc) is 3.50. The normalized spacial score (nSPS) is 20.0. The van der Waals surface area contributed by atoms with Crippen molar-refractivity contribution in [3.63, 3.8) is 0 Å². The fourth-order valence-electron chi connectivity index (χ4n) is 4.72. The van der Waals surface area contributed by atoms with Crippen LogP contribution in [-0.2, 0) is 21.5 Å². The Labute approximate surface area is 206 Å². The van der Waals surface area contributed by atoms with Crippen LogP contribution in [0.5, 0.6) is 5.75 Å². The highest BCUT2D eigenvalue weighted by Gasteiger charge is 2.53. The van der Waals surface area contributed by atoms with Crippen molar-refractivity contribution < 1.29 is 33.4 Å². The lowest BCUT2D eigenvalue weighted by Crippen LogP contribution is -2.46. The lowest BCUT2D eigenvalue weighted by Gasteiger charge is -2.28. The fraction of sp³-hybridized carbons (Fsp3) is 0.308. The third-order valence-electron chi connectivity index (χ3n) is 6.62. The van der Waals surface area contributed by atoms with Gasteiger partial charge in [-0.05, 0) is 42.8 Å². The van der Waals surface area contributed by atoms with Gasteiger partial charge in [-0.25, -0.2) is 0 Å². The second kappa shape index (κ2) is 8.80. The van der Waals surface area contributed by atoms with Crippen molar-refractivity contribution in [1.29, 1.82) is 0 Å². The largest absolute Gasteiger partial charge is 0.497 e. The van der Waals surface area contributed by atoms with Gasteiger partial charge in [0.05, 0.1) is 19.6 Å². The first-order valence-corrected chi connectivity index (χ1v) is 11.5. The van der Waals surface area contributed by atoms with Crippen molar-refractivity contribution >= 4 is 34.6 Å². The van der Waals surface area contributed by atoms with E-state index in [2.05, 4.69) is 10.6 Å². The summed E-state index contributed by atoms with van der Waals surface area (Å²) in [5.74, 6) is -0.840. The Kier molecular flexibility index (Phi) is 5.76. The van der Waals surface area contributed by atoms with E-state index < -0.39 is 23.3 Å². The summed E-state index contributed by atoms with van der Waals surface area (Å²) in [7, 11) is 1.52. The monoisotopic (exact) mass is 491 g/mol. The van der Waals surface area contributed by atoms with Crippen LogP contribution < -0.4 is 15.4 Å². The predicted molar refractivity (Wildman–Crippen MR) is 127 cm³/mol. The molecule has 0 unspecified atom stereocenters. The van der Waals surface area contributed by atoms with Crippen LogP contribution in [0.25, 0.3) is 11.0 Å². The van der Waals surface area contributed by atoms with Crippen molar-refractivity contribution in [1.82, 2.24) is 15.5 Å². The fourth-order valence-corrected chi connectivity index (χ4v) is 4.72. The van der Waals surface area contributed by atoms with E-state index in [0.717, 1.165) is 5.56 Å². The van der Waals surface area contributed by atoms with Crippen LogP contribution in [0.2, 0.25) is 0 Å². The number of benzene rings is 2. The zero-order chi connectivity index (χ0) is 25.6. The second-order valence-electron chi connectivity index (χ2n) is 9.24. The Morgan fingerprint density at radius 3 is 2.72 bits per heavy atom. The number of rotatable bonds is 7. The maximum Gasteiger partial charge on any atom is 0.254 e. The van der Waals surface area contributed by atoms with E-state index in [1.54, 1.807) is 43.3 Å². The van der Waals surface area contributed by atoms with Crippen molar-refractivity contribution in [3.05, 3.63) is 64.9 Å². The Hall–Kier alpha value is -4.18. The number of ether oxygens (including phenoxy) is 1. The molecule has 3 aromatic rings. The van der Waals surface area contributed by atoms with Gasteiger partial charge in [0.25, 0.3) is 11.8 Å². The minimum absolute atomic E-state index is 0.0536. The molecule has 0 aliphatic carbocycles. The van der Waals surface area contributed by atoms with Gasteiger partial charge in [-0.1, -0.05) is 12.1 Å². The molecular weight excluding hydrogens is 466 g/mol. The molecule has 1 aromatic heterocycles. The number of fused-ring (bicyclic) bond motifs is 2. The molecule has 2 aromatic carbocycles. The van der Waals surface area contributed by atoms with Crippen molar-refractivity contribution in [2.75, 3.05) is 20.2 Å². The molecular formula is C26H25N3O7. The predicted octanol–water partition coefficient (Wildman–Crippen LogP) is 1.49. The zero-order valence-corrected chi connectivity index (χ0v) is 19.8. The van der Waals surface area contributed by atoms with Gasteiger partial charge in [0.1, 0.15) is 22.5 Å². The van der Waals surface area contributed by atoms with E-state index in [9.17, 15) is 24.3 Å². The number of furan rings is 1. The Morgan fingerprint density at radius 2 is 2.03 bits per heavy atom. The first-order valence-electron chi connectivity index (χ1n) is 11.5. The van der Waals surface area contributed by atoms with Crippen LogP contribution in [0.15, 0.2) is 46.9 Å². The number of amides is 4. The van der Waals surface area contributed by atoms with Crippen molar-refractivity contribution in [3.8, 4) is 5.75 Å². The second-order valence-corrected chi connectivity index (χ2v) is 9.24. The lowest BCUT2D eigenvalue weighted by atomic mass is 9.82. The van der Waals surface area contributed by atoms with Crippen molar-refractivity contribution in [2.24, 2.45) is 0 Å². The van der Waals surface area contributed by atoms with E-state index in [-0.39, 0.29) is 43.6 Å². The van der Waals surface area contributed by atoms with Gasteiger partial charge in [-0.15, -0.1) is 0 Å². The molecule has 2 atom stereocenters. The van der Waals surface area contributed by atoms with Crippen LogP contribution >= 0.6 is 0 Å². The van der Waals surface area contributed by atoms with Gasteiger partial charge >= 0.3 is 0 Å². The van der Waals surface area contributed by atoms with Gasteiger partial charge in [0.2, 0.25) is 11.8 Å². The van der Waals surface area contributed by atoms with E-state index >= 15 is 0 Å². The van der Waals surface area contributed by atoms with Crippen LogP contribution in [-0.4, -0.2) is 59.9 Å². The molecule has 36 heavy (non-hydrogen) atoms. The number of hydrogen-bond acceptors (Lipinski definition) is 7. The molecule has 186 valence electrons. The number of hydrogen-bond donors (Lipinski definition) is 3. The van der Waals surface area contributed by atoms with E-state index in [1.807, 2.05) is 6.07 Å². The maximum absolute atomic E-state index is 13.2. The molecule has 4 amide bonds. The highest BCUT2D eigenvalue weighted by molar-refractivity contribution is 6.10. The van der Waals surface area contributed by atoms with Crippen LogP contribution in [0.3, 0.4) is 0 Å². The summed E-state index contributed by atoms with van der Waals surface area (Å²) in [6, 6.07) is 11.7. The maximum atomic E-state index is 13.2. The number of aliphatic hydroxyl groups is 1. The highest BCUT2D eigenvalue weighted by Crippen LogP contribution is 2.39. The topological polar surface area (TPSA) is 138 Å². The third kappa shape index (κ3) is 3.99. The third-order valence-corrected chi connectivity index (χ3v) is 6.62. The number of methoxy groups -OCH3 is 1. The first-order chi connectivity index (χ1) is 17.2. The van der Waals surface area contributed by atoms with E-state index in [0.29, 0.717) is 27.8 Å². The van der Waals surface area contributed by atoms with Gasteiger partial charge in [0.15, 0.2) is 0 Å². The molecule has 2 aliphatic heterocycles. The van der Waals surface area contributed by atoms with Crippen LogP contribution in [0.4, 0.5) is 0 Å². The van der Waals surface area contributed by atoms with Gasteiger partial charge in [-0.3, -0.25) is 24.5 Å². The standard InChI is InChI=1S/C26H25N3O7/c1-14(30)11-27-23(32)16-4-3-15-8-21(36-20(15)7-16)26(10-22(31)28-25(26)34)13-29-12-17-5-6-18(35-2)9-19(17)24(29)33/h3-9,14,30H,10-13H2,1-2H3,(H,27,32)(H,28,31,34)/t14-,26+/m0/s1. The summed E-state index contributed by atoms with van der Waals surface area (Å²) >= 11 is 0. The van der Waals surface area contributed by atoms with Gasteiger partial charge in [-0.2, -0.15) is 0 Å². The molecule has 0 bridgehead atoms. The molecule has 0 spiro atoms. The molecule has 5 rings (SSSR count). The zero-order valence-electron chi connectivity index (χ0n) is 19.8. The SMILES string of the molecule is COc1ccc2c(c1)C(=O)N(C[C@@]1(c3cc4ccc(C(=O)NC[C@H](C)O)cc4o3)CC(=O)NC1=O)C2. The van der Waals surface area contributed by atoms with Gasteiger partial charge < -0.3 is 24.5 Å². The minimum Gasteiger partial charge on any atom is -0.497 e. The number of carbonyl (C=O) groups excluding carboxylic acids is 4. The van der Waals surface area contributed by atoms with E-state index in [1.165, 1.54) is 12.0 Å². The number of aliphatic hydroxyl groups excluding tert-OH is 1.